The van der Waals surface area contributed by atoms with Gasteiger partial charge < -0.3 is 10.1 Å². The van der Waals surface area contributed by atoms with Crippen LogP contribution in [-0.4, -0.2) is 33.8 Å². The summed E-state index contributed by atoms with van der Waals surface area (Å²) in [4.78, 5) is 16.1. The number of pyridine rings is 1. The molecule has 0 saturated heterocycles. The molecular weight excluding hydrogens is 292 g/mol. The topological polar surface area (TPSA) is 69.0 Å². The van der Waals surface area contributed by atoms with Gasteiger partial charge in [-0.05, 0) is 42.9 Å². The number of rotatable bonds is 5. The molecule has 4 rings (SSSR count). The molecule has 1 amide bonds. The van der Waals surface area contributed by atoms with Gasteiger partial charge in [-0.25, -0.2) is 0 Å². The van der Waals surface area contributed by atoms with Gasteiger partial charge in [0.05, 0.1) is 12.3 Å². The molecule has 0 spiro atoms. The van der Waals surface area contributed by atoms with Gasteiger partial charge in [0.2, 0.25) is 0 Å². The Morgan fingerprint density at radius 3 is 2.96 bits per heavy atom. The molecule has 1 atom stereocenters. The van der Waals surface area contributed by atoms with Crippen LogP contribution in [0.5, 0.6) is 0 Å². The van der Waals surface area contributed by atoms with E-state index in [1.165, 1.54) is 18.4 Å². The summed E-state index contributed by atoms with van der Waals surface area (Å²) < 4.78 is 7.87. The molecule has 6 heteroatoms. The molecule has 1 fully saturated rings. The first-order chi connectivity index (χ1) is 11.3. The second kappa shape index (κ2) is 6.12. The Kier molecular flexibility index (Phi) is 3.83. The molecule has 0 bridgehead atoms. The third-order valence-corrected chi connectivity index (χ3v) is 4.40. The number of ether oxygens (including phenoxy) is 1. The van der Waals surface area contributed by atoms with Crippen molar-refractivity contribution in [3.63, 3.8) is 0 Å². The highest BCUT2D eigenvalue weighted by atomic mass is 16.5. The molecule has 3 heterocycles. The Morgan fingerprint density at radius 1 is 1.35 bits per heavy atom. The number of hydrogen-bond donors (Lipinski definition) is 1. The van der Waals surface area contributed by atoms with Crippen molar-refractivity contribution in [2.75, 3.05) is 13.2 Å². The first-order valence-corrected chi connectivity index (χ1v) is 8.15. The van der Waals surface area contributed by atoms with E-state index < -0.39 is 0 Å². The zero-order chi connectivity index (χ0) is 15.6. The Hall–Kier alpha value is -2.21. The largest absolute Gasteiger partial charge is 0.370 e. The first-order valence-electron chi connectivity index (χ1n) is 8.15. The number of hydrogen-bond acceptors (Lipinski definition) is 4. The number of carbonyl (C=O) groups excluding carboxylic acids is 1. The number of amides is 1. The van der Waals surface area contributed by atoms with Crippen molar-refractivity contribution in [1.29, 1.82) is 0 Å². The van der Waals surface area contributed by atoms with Crippen LogP contribution in [0, 0.1) is 5.92 Å². The minimum absolute atomic E-state index is 0.111. The van der Waals surface area contributed by atoms with Crippen molar-refractivity contribution >= 4 is 5.91 Å². The third-order valence-electron chi connectivity index (χ3n) is 4.40. The summed E-state index contributed by atoms with van der Waals surface area (Å²) in [7, 11) is 0. The summed E-state index contributed by atoms with van der Waals surface area (Å²) >= 11 is 0. The van der Waals surface area contributed by atoms with Gasteiger partial charge in [0, 0.05) is 37.2 Å². The molecule has 0 radical (unpaired) electrons. The molecule has 23 heavy (non-hydrogen) atoms. The van der Waals surface area contributed by atoms with Gasteiger partial charge in [-0.2, -0.15) is 5.10 Å². The fourth-order valence-electron chi connectivity index (χ4n) is 2.94. The molecule has 1 N–H and O–H groups in total. The molecule has 2 aromatic heterocycles. The summed E-state index contributed by atoms with van der Waals surface area (Å²) in [5.41, 5.74) is 2.84. The molecule has 2 aliphatic rings. The minimum Gasteiger partial charge on any atom is -0.370 e. The van der Waals surface area contributed by atoms with E-state index in [2.05, 4.69) is 21.2 Å². The Labute approximate surface area is 134 Å². The van der Waals surface area contributed by atoms with Gasteiger partial charge in [-0.1, -0.05) is 0 Å². The summed E-state index contributed by atoms with van der Waals surface area (Å²) in [6, 6.07) is 3.40. The van der Waals surface area contributed by atoms with E-state index in [-0.39, 0.29) is 12.0 Å². The average Bonchev–Trinajstić information content (AvgIpc) is 3.29. The van der Waals surface area contributed by atoms with Gasteiger partial charge in [-0.3, -0.25) is 14.5 Å². The van der Waals surface area contributed by atoms with E-state index >= 15 is 0 Å². The average molecular weight is 312 g/mol. The van der Waals surface area contributed by atoms with Crippen molar-refractivity contribution < 1.29 is 9.53 Å². The lowest BCUT2D eigenvalue weighted by Crippen LogP contribution is -2.31. The number of nitrogens with zero attached hydrogens (tertiary/aromatic N) is 3. The van der Waals surface area contributed by atoms with Crippen LogP contribution in [0.25, 0.3) is 0 Å². The van der Waals surface area contributed by atoms with Crippen LogP contribution in [0.2, 0.25) is 0 Å². The third kappa shape index (κ3) is 3.27. The number of fused-ring (bicyclic) bond motifs is 1. The lowest BCUT2D eigenvalue weighted by atomic mass is 10.1. The van der Waals surface area contributed by atoms with Crippen LogP contribution in [-0.2, 0) is 17.7 Å². The molecule has 1 aliphatic heterocycles. The highest BCUT2D eigenvalue weighted by Crippen LogP contribution is 2.32. The number of nitrogens with one attached hydrogen (secondary N) is 1. The molecular formula is C17H20N4O2. The Bertz CT molecular complexity index is 694. The molecule has 2 aromatic rings. The van der Waals surface area contributed by atoms with Crippen molar-refractivity contribution in [2.45, 2.75) is 31.9 Å². The van der Waals surface area contributed by atoms with E-state index in [0.717, 1.165) is 24.6 Å². The maximum atomic E-state index is 12.1. The summed E-state index contributed by atoms with van der Waals surface area (Å²) in [6.07, 6.45) is 8.74. The van der Waals surface area contributed by atoms with Gasteiger partial charge in [-0.15, -0.1) is 0 Å². The van der Waals surface area contributed by atoms with Gasteiger partial charge >= 0.3 is 0 Å². The van der Waals surface area contributed by atoms with E-state index in [9.17, 15) is 4.79 Å². The lowest BCUT2D eigenvalue weighted by molar-refractivity contribution is 0.0383. The van der Waals surface area contributed by atoms with E-state index in [4.69, 9.17) is 9.84 Å². The predicted octanol–water partition coefficient (Wildman–Crippen LogP) is 1.73. The molecule has 1 saturated carbocycles. The van der Waals surface area contributed by atoms with Crippen LogP contribution >= 0.6 is 0 Å². The lowest BCUT2D eigenvalue weighted by Gasteiger charge is -2.22. The van der Waals surface area contributed by atoms with E-state index in [1.54, 1.807) is 24.5 Å². The summed E-state index contributed by atoms with van der Waals surface area (Å²) in [5, 5.41) is 7.62. The Balaban J connectivity index is 1.42. The second-order valence-corrected chi connectivity index (χ2v) is 6.26. The van der Waals surface area contributed by atoms with Crippen LogP contribution < -0.4 is 5.32 Å². The molecule has 0 unspecified atom stereocenters. The molecule has 1 aliphatic carbocycles. The van der Waals surface area contributed by atoms with Crippen molar-refractivity contribution in [3.05, 3.63) is 47.5 Å². The van der Waals surface area contributed by atoms with Gasteiger partial charge in [0.15, 0.2) is 0 Å². The predicted molar refractivity (Wildman–Crippen MR) is 83.9 cm³/mol. The van der Waals surface area contributed by atoms with Crippen LogP contribution in [0.4, 0.5) is 0 Å². The Morgan fingerprint density at radius 2 is 2.17 bits per heavy atom. The maximum Gasteiger partial charge on any atom is 0.251 e. The highest BCUT2D eigenvalue weighted by Gasteiger charge is 2.27. The molecule has 0 aromatic carbocycles. The number of carbonyl (C=O) groups is 1. The normalized spacial score (nSPS) is 20.1. The first kappa shape index (κ1) is 14.4. The smallest absolute Gasteiger partial charge is 0.251 e. The molecule has 120 valence electrons. The molecule has 6 nitrogen and oxygen atoms in total. The zero-order valence-electron chi connectivity index (χ0n) is 12.9. The fourth-order valence-corrected chi connectivity index (χ4v) is 2.94. The van der Waals surface area contributed by atoms with Gasteiger partial charge in [0.25, 0.3) is 5.91 Å². The van der Waals surface area contributed by atoms with Crippen LogP contribution in [0.3, 0.4) is 0 Å². The SMILES string of the molecule is O=C(NC[C@H]1OCCc2cn(CC3CC3)nc21)c1ccncc1. The fraction of sp³-hybridized carbons (Fsp3) is 0.471. The second-order valence-electron chi connectivity index (χ2n) is 6.26. The monoisotopic (exact) mass is 312 g/mol. The minimum atomic E-state index is -0.162. The quantitative estimate of drug-likeness (QED) is 0.913. The van der Waals surface area contributed by atoms with Crippen LogP contribution in [0.1, 0.15) is 40.6 Å². The highest BCUT2D eigenvalue weighted by molar-refractivity contribution is 5.93. The summed E-state index contributed by atoms with van der Waals surface area (Å²) in [6.45, 7) is 2.12. The van der Waals surface area contributed by atoms with Crippen molar-refractivity contribution in [1.82, 2.24) is 20.1 Å². The van der Waals surface area contributed by atoms with Gasteiger partial charge in [0.1, 0.15) is 6.10 Å². The number of aromatic nitrogens is 3. The summed E-state index contributed by atoms with van der Waals surface area (Å²) in [5.74, 6) is 0.683. The van der Waals surface area contributed by atoms with E-state index in [0.29, 0.717) is 18.7 Å². The van der Waals surface area contributed by atoms with E-state index in [1.807, 2.05) is 0 Å². The van der Waals surface area contributed by atoms with Crippen molar-refractivity contribution in [2.24, 2.45) is 5.92 Å². The van der Waals surface area contributed by atoms with Crippen molar-refractivity contribution in [3.8, 4) is 0 Å². The zero-order valence-corrected chi connectivity index (χ0v) is 12.9. The van der Waals surface area contributed by atoms with Crippen LogP contribution in [0.15, 0.2) is 30.7 Å². The standard InChI is InChI=1S/C17H20N4O2/c22-17(13-3-6-18-7-4-13)19-9-15-16-14(5-8-23-15)11-21(20-16)10-12-1-2-12/h3-4,6-7,11-12,15H,1-2,5,8-10H2,(H,19,22)/t15-/m1/s1. The maximum absolute atomic E-state index is 12.1.